The van der Waals surface area contributed by atoms with E-state index in [0.29, 0.717) is 11.1 Å². The molecule has 2 saturated heterocycles. The number of rotatable bonds is 2. The summed E-state index contributed by atoms with van der Waals surface area (Å²) in [7, 11) is 0. The SMILES string of the molecule is O=C1NC(c2cccc(F)c2)C2CCCC3C(c4cccc(F)c4)NC(=O)NC23N1. The highest BCUT2D eigenvalue weighted by Gasteiger charge is 2.60. The number of hydrogen-bond donors (Lipinski definition) is 4. The summed E-state index contributed by atoms with van der Waals surface area (Å²) in [6, 6.07) is 10.6. The standard InChI is InChI=1S/C22H22F2N4O2/c23-14-6-1-4-12(10-14)18-16-8-3-9-17-19(13-5-2-7-15(24)11-13)26-21(30)28-22(16,17)27-20(29)25-18/h1-2,4-7,10-11,16-19H,3,8-9H2,(H2,25,27,29)(H2,26,28,30). The molecular formula is C22H22F2N4O2. The number of benzene rings is 2. The Labute approximate surface area is 172 Å². The summed E-state index contributed by atoms with van der Waals surface area (Å²) in [5.41, 5.74) is 0.298. The molecule has 2 aromatic rings. The molecule has 3 aliphatic rings. The Hall–Kier alpha value is -3.16. The van der Waals surface area contributed by atoms with Crippen LogP contribution in [0.25, 0.3) is 0 Å². The zero-order chi connectivity index (χ0) is 20.9. The maximum atomic E-state index is 13.9. The van der Waals surface area contributed by atoms with Crippen molar-refractivity contribution < 1.29 is 18.4 Å². The topological polar surface area (TPSA) is 82.3 Å². The van der Waals surface area contributed by atoms with Gasteiger partial charge in [-0.1, -0.05) is 30.7 Å². The average Bonchev–Trinajstić information content (AvgIpc) is 2.71. The number of hydrogen-bond acceptors (Lipinski definition) is 2. The molecule has 0 aromatic heterocycles. The summed E-state index contributed by atoms with van der Waals surface area (Å²) in [6.45, 7) is 0. The summed E-state index contributed by atoms with van der Waals surface area (Å²) in [5.74, 6) is -1.15. The molecule has 1 aliphatic carbocycles. The van der Waals surface area contributed by atoms with Crippen LogP contribution >= 0.6 is 0 Å². The van der Waals surface area contributed by atoms with E-state index in [-0.39, 0.29) is 23.5 Å². The second-order valence-electron chi connectivity index (χ2n) is 8.28. The molecule has 4 atom stereocenters. The van der Waals surface area contributed by atoms with Crippen LogP contribution in [0.5, 0.6) is 0 Å². The van der Waals surface area contributed by atoms with E-state index in [1.54, 1.807) is 24.3 Å². The largest absolute Gasteiger partial charge is 0.331 e. The first-order valence-corrected chi connectivity index (χ1v) is 10.1. The second-order valence-corrected chi connectivity index (χ2v) is 8.28. The maximum Gasteiger partial charge on any atom is 0.317 e. The molecule has 2 aliphatic heterocycles. The van der Waals surface area contributed by atoms with E-state index in [1.807, 2.05) is 0 Å². The van der Waals surface area contributed by atoms with Gasteiger partial charge < -0.3 is 21.3 Å². The number of halogens is 2. The zero-order valence-corrected chi connectivity index (χ0v) is 16.1. The Morgan fingerprint density at radius 3 is 1.67 bits per heavy atom. The van der Waals surface area contributed by atoms with E-state index in [0.717, 1.165) is 19.3 Å². The van der Waals surface area contributed by atoms with E-state index in [1.165, 1.54) is 24.3 Å². The first-order chi connectivity index (χ1) is 14.5. The molecule has 4 amide bonds. The van der Waals surface area contributed by atoms with Crippen molar-refractivity contribution in [3.63, 3.8) is 0 Å². The van der Waals surface area contributed by atoms with Crippen molar-refractivity contribution >= 4 is 12.1 Å². The maximum absolute atomic E-state index is 13.9. The van der Waals surface area contributed by atoms with Gasteiger partial charge in [-0.05, 0) is 48.2 Å². The van der Waals surface area contributed by atoms with Gasteiger partial charge in [-0.3, -0.25) is 0 Å². The van der Waals surface area contributed by atoms with E-state index in [9.17, 15) is 18.4 Å². The molecule has 3 fully saturated rings. The molecule has 0 bridgehead atoms. The van der Waals surface area contributed by atoms with Gasteiger partial charge in [0.25, 0.3) is 0 Å². The molecule has 4 N–H and O–H groups in total. The van der Waals surface area contributed by atoms with E-state index in [4.69, 9.17) is 0 Å². The van der Waals surface area contributed by atoms with Crippen molar-refractivity contribution in [2.24, 2.45) is 11.8 Å². The molecule has 5 rings (SSSR count). The third-order valence-electron chi connectivity index (χ3n) is 6.63. The van der Waals surface area contributed by atoms with Gasteiger partial charge in [0.15, 0.2) is 0 Å². The number of carbonyl (C=O) groups is 2. The number of urea groups is 2. The minimum absolute atomic E-state index is 0.196. The third-order valence-corrected chi connectivity index (χ3v) is 6.63. The summed E-state index contributed by atoms with van der Waals surface area (Å²) in [4.78, 5) is 25.4. The lowest BCUT2D eigenvalue weighted by molar-refractivity contribution is -0.0124. The van der Waals surface area contributed by atoms with Crippen molar-refractivity contribution in [2.45, 2.75) is 37.0 Å². The van der Waals surface area contributed by atoms with Gasteiger partial charge in [-0.2, -0.15) is 0 Å². The lowest BCUT2D eigenvalue weighted by atomic mass is 9.62. The molecule has 4 unspecified atom stereocenters. The first kappa shape index (κ1) is 18.8. The normalized spacial score (nSPS) is 32.6. The summed E-state index contributed by atoms with van der Waals surface area (Å²) < 4.78 is 27.8. The number of nitrogens with one attached hydrogen (secondary N) is 4. The Morgan fingerprint density at radius 1 is 0.767 bits per heavy atom. The molecule has 2 aromatic carbocycles. The van der Waals surface area contributed by atoms with Crippen molar-refractivity contribution in [3.05, 3.63) is 71.3 Å². The fourth-order valence-electron chi connectivity index (χ4n) is 5.51. The van der Waals surface area contributed by atoms with Crippen molar-refractivity contribution in [1.82, 2.24) is 21.3 Å². The Kier molecular flexibility index (Phi) is 4.38. The highest BCUT2D eigenvalue weighted by molar-refractivity contribution is 5.81. The third kappa shape index (κ3) is 2.98. The van der Waals surface area contributed by atoms with Crippen LogP contribution in [0.2, 0.25) is 0 Å². The fraction of sp³-hybridized carbons (Fsp3) is 0.364. The van der Waals surface area contributed by atoms with Crippen LogP contribution in [-0.4, -0.2) is 17.7 Å². The Bertz CT molecular complexity index is 935. The number of carbonyl (C=O) groups excluding carboxylic acids is 2. The molecule has 8 heteroatoms. The van der Waals surface area contributed by atoms with Gasteiger partial charge in [-0.25, -0.2) is 18.4 Å². The minimum atomic E-state index is -1.02. The lowest BCUT2D eigenvalue weighted by Crippen LogP contribution is -2.80. The van der Waals surface area contributed by atoms with Gasteiger partial charge in [-0.15, -0.1) is 0 Å². The highest BCUT2D eigenvalue weighted by Crippen LogP contribution is 2.50. The van der Waals surface area contributed by atoms with Crippen molar-refractivity contribution in [2.75, 3.05) is 0 Å². The van der Waals surface area contributed by atoms with Gasteiger partial charge in [0.2, 0.25) is 0 Å². The summed E-state index contributed by atoms with van der Waals surface area (Å²) in [5, 5.41) is 11.8. The molecule has 0 radical (unpaired) electrons. The molecular weight excluding hydrogens is 390 g/mol. The van der Waals surface area contributed by atoms with E-state index < -0.39 is 29.8 Å². The summed E-state index contributed by atoms with van der Waals surface area (Å²) >= 11 is 0. The summed E-state index contributed by atoms with van der Waals surface area (Å²) in [6.07, 6.45) is 2.34. The van der Waals surface area contributed by atoms with Crippen LogP contribution in [0.4, 0.5) is 18.4 Å². The lowest BCUT2D eigenvalue weighted by Gasteiger charge is -2.59. The molecule has 30 heavy (non-hydrogen) atoms. The molecule has 1 spiro atoms. The van der Waals surface area contributed by atoms with Gasteiger partial charge in [0.1, 0.15) is 17.3 Å². The Morgan fingerprint density at radius 2 is 1.23 bits per heavy atom. The Balaban J connectivity index is 1.59. The monoisotopic (exact) mass is 412 g/mol. The highest BCUT2D eigenvalue weighted by atomic mass is 19.1. The van der Waals surface area contributed by atoms with Crippen LogP contribution in [0.3, 0.4) is 0 Å². The first-order valence-electron chi connectivity index (χ1n) is 10.1. The molecule has 1 saturated carbocycles. The predicted octanol–water partition coefficient (Wildman–Crippen LogP) is 3.49. The second kappa shape index (κ2) is 6.97. The van der Waals surface area contributed by atoms with Crippen molar-refractivity contribution in [3.8, 4) is 0 Å². The number of amides is 4. The van der Waals surface area contributed by atoms with Crippen LogP contribution in [0.15, 0.2) is 48.5 Å². The van der Waals surface area contributed by atoms with Gasteiger partial charge >= 0.3 is 12.1 Å². The van der Waals surface area contributed by atoms with Crippen LogP contribution < -0.4 is 21.3 Å². The van der Waals surface area contributed by atoms with Crippen LogP contribution in [-0.2, 0) is 0 Å². The fourth-order valence-corrected chi connectivity index (χ4v) is 5.51. The molecule has 156 valence electrons. The van der Waals surface area contributed by atoms with Crippen molar-refractivity contribution in [1.29, 1.82) is 0 Å². The average molecular weight is 412 g/mol. The molecule has 6 nitrogen and oxygen atoms in total. The van der Waals surface area contributed by atoms with Gasteiger partial charge in [0, 0.05) is 11.8 Å². The smallest absolute Gasteiger partial charge is 0.317 e. The van der Waals surface area contributed by atoms with E-state index in [2.05, 4.69) is 21.3 Å². The van der Waals surface area contributed by atoms with Gasteiger partial charge in [0.05, 0.1) is 12.1 Å². The van der Waals surface area contributed by atoms with Crippen LogP contribution in [0.1, 0.15) is 42.5 Å². The zero-order valence-electron chi connectivity index (χ0n) is 16.1. The van der Waals surface area contributed by atoms with Crippen LogP contribution in [0, 0.1) is 23.5 Å². The predicted molar refractivity (Wildman–Crippen MR) is 105 cm³/mol. The minimum Gasteiger partial charge on any atom is -0.331 e. The van der Waals surface area contributed by atoms with E-state index >= 15 is 0 Å². The molecule has 2 heterocycles. The quantitative estimate of drug-likeness (QED) is 0.609.